The molecule has 1 aliphatic rings. The summed E-state index contributed by atoms with van der Waals surface area (Å²) in [4.78, 5) is 16.5. The van der Waals surface area contributed by atoms with Crippen LogP contribution in [0.25, 0.3) is 11.4 Å². The predicted octanol–water partition coefficient (Wildman–Crippen LogP) is 2.20. The van der Waals surface area contributed by atoms with Gasteiger partial charge in [-0.05, 0) is 31.5 Å². The van der Waals surface area contributed by atoms with E-state index >= 15 is 0 Å². The van der Waals surface area contributed by atoms with Crippen molar-refractivity contribution in [1.29, 1.82) is 5.26 Å². The van der Waals surface area contributed by atoms with Crippen molar-refractivity contribution in [1.82, 2.24) is 14.7 Å². The van der Waals surface area contributed by atoms with Crippen LogP contribution in [0.3, 0.4) is 0 Å². The molecule has 0 aliphatic carbocycles. The fourth-order valence-electron chi connectivity index (χ4n) is 2.55. The standard InChI is InChI=1S/C16H17N5OS/c17-9-11-4-3-5-12(8-11)15-20-16(23-21-15)19-10-14(22)13-6-1-2-7-18-13/h3-5,8,13,18H,1-2,6-7,10H2,(H,19,20,21). The van der Waals surface area contributed by atoms with Crippen molar-refractivity contribution in [3.63, 3.8) is 0 Å². The molecule has 23 heavy (non-hydrogen) atoms. The first kappa shape index (κ1) is 15.6. The number of nitrogens with one attached hydrogen (secondary N) is 2. The number of Topliss-reactive ketones (excluding diaryl/α,β-unsaturated/α-hetero) is 1. The largest absolute Gasteiger partial charge is 0.353 e. The third kappa shape index (κ3) is 3.92. The van der Waals surface area contributed by atoms with Crippen molar-refractivity contribution in [3.05, 3.63) is 29.8 Å². The van der Waals surface area contributed by atoms with Crippen LogP contribution in [0.1, 0.15) is 24.8 Å². The van der Waals surface area contributed by atoms with Crippen LogP contribution in [0.2, 0.25) is 0 Å². The number of benzene rings is 1. The SMILES string of the molecule is N#Cc1cccc(-c2nsc(NCC(=O)C3CCCCN3)n2)c1. The lowest BCUT2D eigenvalue weighted by Crippen LogP contribution is -2.42. The minimum Gasteiger partial charge on any atom is -0.353 e. The number of hydrogen-bond donors (Lipinski definition) is 2. The molecule has 0 radical (unpaired) electrons. The summed E-state index contributed by atoms with van der Waals surface area (Å²) in [6.07, 6.45) is 3.14. The molecule has 2 N–H and O–H groups in total. The molecule has 1 aromatic heterocycles. The maximum absolute atomic E-state index is 12.1. The minimum atomic E-state index is -0.0454. The lowest BCUT2D eigenvalue weighted by molar-refractivity contribution is -0.119. The summed E-state index contributed by atoms with van der Waals surface area (Å²) in [5.74, 6) is 0.728. The highest BCUT2D eigenvalue weighted by atomic mass is 32.1. The van der Waals surface area contributed by atoms with E-state index in [0.29, 0.717) is 16.5 Å². The molecule has 1 aromatic carbocycles. The molecule has 2 heterocycles. The Balaban J connectivity index is 1.61. The van der Waals surface area contributed by atoms with E-state index in [-0.39, 0.29) is 18.4 Å². The van der Waals surface area contributed by atoms with E-state index in [1.54, 1.807) is 18.2 Å². The van der Waals surface area contributed by atoms with Crippen LogP contribution in [0.5, 0.6) is 0 Å². The van der Waals surface area contributed by atoms with Gasteiger partial charge in [0.25, 0.3) is 0 Å². The van der Waals surface area contributed by atoms with Gasteiger partial charge in [-0.3, -0.25) is 4.79 Å². The molecule has 0 amide bonds. The summed E-state index contributed by atoms with van der Waals surface area (Å²) in [6, 6.07) is 9.22. The van der Waals surface area contributed by atoms with Crippen LogP contribution in [0.4, 0.5) is 5.13 Å². The molecular formula is C16H17N5OS. The molecule has 1 unspecified atom stereocenters. The van der Waals surface area contributed by atoms with Gasteiger partial charge in [0, 0.05) is 17.1 Å². The quantitative estimate of drug-likeness (QED) is 0.875. The Hall–Kier alpha value is -2.30. The number of nitriles is 1. The number of carbonyl (C=O) groups is 1. The highest BCUT2D eigenvalue weighted by molar-refractivity contribution is 7.09. The molecule has 3 rings (SSSR count). The molecule has 6 nitrogen and oxygen atoms in total. The summed E-state index contributed by atoms with van der Waals surface area (Å²) in [6.45, 7) is 1.17. The summed E-state index contributed by atoms with van der Waals surface area (Å²) >= 11 is 1.22. The van der Waals surface area contributed by atoms with E-state index in [4.69, 9.17) is 5.26 Å². The Bertz CT molecular complexity index is 730. The lowest BCUT2D eigenvalue weighted by Gasteiger charge is -2.22. The molecule has 1 fully saturated rings. The van der Waals surface area contributed by atoms with Crippen molar-refractivity contribution in [2.24, 2.45) is 0 Å². The zero-order valence-electron chi connectivity index (χ0n) is 12.6. The van der Waals surface area contributed by atoms with Crippen LogP contribution in [0, 0.1) is 11.3 Å². The molecule has 0 bridgehead atoms. The zero-order chi connectivity index (χ0) is 16.1. The first-order valence-electron chi connectivity index (χ1n) is 7.60. The van der Waals surface area contributed by atoms with E-state index in [9.17, 15) is 4.79 Å². The van der Waals surface area contributed by atoms with Gasteiger partial charge in [0.2, 0.25) is 5.13 Å². The molecule has 118 valence electrons. The Kier molecular flexibility index (Phi) is 4.95. The first-order chi connectivity index (χ1) is 11.3. The number of ketones is 1. The van der Waals surface area contributed by atoms with Crippen molar-refractivity contribution >= 4 is 22.4 Å². The minimum absolute atomic E-state index is 0.0454. The summed E-state index contributed by atoms with van der Waals surface area (Å²) in [5, 5.41) is 15.9. The van der Waals surface area contributed by atoms with Gasteiger partial charge < -0.3 is 10.6 Å². The fraction of sp³-hybridized carbons (Fsp3) is 0.375. The van der Waals surface area contributed by atoms with Crippen LogP contribution < -0.4 is 10.6 Å². The van der Waals surface area contributed by atoms with Gasteiger partial charge in [0.1, 0.15) is 0 Å². The predicted molar refractivity (Wildman–Crippen MR) is 89.2 cm³/mol. The second-order valence-electron chi connectivity index (χ2n) is 5.44. The van der Waals surface area contributed by atoms with E-state index in [1.165, 1.54) is 11.5 Å². The first-order valence-corrected chi connectivity index (χ1v) is 8.38. The van der Waals surface area contributed by atoms with Crippen LogP contribution in [-0.2, 0) is 4.79 Å². The molecule has 1 atom stereocenters. The van der Waals surface area contributed by atoms with Crippen molar-refractivity contribution in [3.8, 4) is 17.5 Å². The topological polar surface area (TPSA) is 90.7 Å². The monoisotopic (exact) mass is 327 g/mol. The molecule has 2 aromatic rings. The van der Waals surface area contributed by atoms with Gasteiger partial charge in [-0.25, -0.2) is 0 Å². The van der Waals surface area contributed by atoms with E-state index in [1.807, 2.05) is 6.07 Å². The maximum atomic E-state index is 12.1. The highest BCUT2D eigenvalue weighted by Gasteiger charge is 2.20. The van der Waals surface area contributed by atoms with Gasteiger partial charge in [0.05, 0.1) is 24.2 Å². The number of hydrogen-bond acceptors (Lipinski definition) is 7. The average Bonchev–Trinajstić information content (AvgIpc) is 3.09. The fourth-order valence-corrected chi connectivity index (χ4v) is 3.14. The Morgan fingerprint density at radius 3 is 3.17 bits per heavy atom. The summed E-state index contributed by atoms with van der Waals surface area (Å²) < 4.78 is 4.28. The number of anilines is 1. The van der Waals surface area contributed by atoms with Gasteiger partial charge in [-0.2, -0.15) is 14.6 Å². The highest BCUT2D eigenvalue weighted by Crippen LogP contribution is 2.21. The van der Waals surface area contributed by atoms with E-state index in [2.05, 4.69) is 26.1 Å². The normalized spacial score (nSPS) is 17.4. The van der Waals surface area contributed by atoms with Crippen LogP contribution in [-0.4, -0.2) is 34.3 Å². The number of rotatable bonds is 5. The Morgan fingerprint density at radius 2 is 2.39 bits per heavy atom. The maximum Gasteiger partial charge on any atom is 0.203 e. The number of piperidine rings is 1. The van der Waals surface area contributed by atoms with Crippen LogP contribution >= 0.6 is 11.5 Å². The van der Waals surface area contributed by atoms with Crippen molar-refractivity contribution in [2.45, 2.75) is 25.3 Å². The zero-order valence-corrected chi connectivity index (χ0v) is 13.4. The van der Waals surface area contributed by atoms with Gasteiger partial charge in [-0.15, -0.1) is 0 Å². The van der Waals surface area contributed by atoms with Gasteiger partial charge >= 0.3 is 0 Å². The number of carbonyl (C=O) groups excluding carboxylic acids is 1. The van der Waals surface area contributed by atoms with Gasteiger partial charge in [0.15, 0.2) is 11.6 Å². The summed E-state index contributed by atoms with van der Waals surface area (Å²) in [7, 11) is 0. The molecule has 1 saturated heterocycles. The van der Waals surface area contributed by atoms with E-state index < -0.39 is 0 Å². The third-order valence-electron chi connectivity index (χ3n) is 3.79. The molecule has 7 heteroatoms. The second kappa shape index (κ2) is 7.31. The van der Waals surface area contributed by atoms with Gasteiger partial charge in [-0.1, -0.05) is 18.6 Å². The molecule has 1 aliphatic heterocycles. The van der Waals surface area contributed by atoms with Crippen molar-refractivity contribution in [2.75, 3.05) is 18.4 Å². The molecule has 0 saturated carbocycles. The lowest BCUT2D eigenvalue weighted by atomic mass is 10.0. The smallest absolute Gasteiger partial charge is 0.203 e. The second-order valence-corrected chi connectivity index (χ2v) is 6.19. The molecule has 0 spiro atoms. The Morgan fingerprint density at radius 1 is 1.48 bits per heavy atom. The number of aromatic nitrogens is 2. The third-order valence-corrected chi connectivity index (χ3v) is 4.46. The van der Waals surface area contributed by atoms with Crippen molar-refractivity contribution < 1.29 is 4.79 Å². The van der Waals surface area contributed by atoms with Crippen LogP contribution in [0.15, 0.2) is 24.3 Å². The average molecular weight is 327 g/mol. The molecular weight excluding hydrogens is 310 g/mol. The number of nitrogens with zero attached hydrogens (tertiary/aromatic N) is 3. The Labute approximate surface area is 138 Å². The summed E-state index contributed by atoms with van der Waals surface area (Å²) in [5.41, 5.74) is 1.37. The van der Waals surface area contributed by atoms with E-state index in [0.717, 1.165) is 31.4 Å².